The van der Waals surface area contributed by atoms with Gasteiger partial charge < -0.3 is 11.1 Å². The molecule has 20 heavy (non-hydrogen) atoms. The van der Waals surface area contributed by atoms with Crippen molar-refractivity contribution in [2.24, 2.45) is 11.7 Å². The molecule has 0 aliphatic rings. The number of amides is 1. The summed E-state index contributed by atoms with van der Waals surface area (Å²) in [5.74, 6) is 0.481. The number of carbonyl (C=O) groups excluding carboxylic acids is 1. The summed E-state index contributed by atoms with van der Waals surface area (Å²) in [5.41, 5.74) is 7.15. The Balaban J connectivity index is 2.66. The number of hydrogen-bond acceptors (Lipinski definition) is 4. The van der Waals surface area contributed by atoms with Crippen molar-refractivity contribution in [1.82, 2.24) is 15.2 Å². The minimum atomic E-state index is -0.0692. The van der Waals surface area contributed by atoms with Gasteiger partial charge in [-0.25, -0.2) is 0 Å². The maximum Gasteiger partial charge on any atom is 0.234 e. The van der Waals surface area contributed by atoms with Crippen LogP contribution in [0.1, 0.15) is 32.4 Å². The van der Waals surface area contributed by atoms with E-state index in [0.29, 0.717) is 19.0 Å². The molecule has 1 aromatic heterocycles. The average Bonchev–Trinajstić information content (AvgIpc) is 2.37. The Morgan fingerprint density at radius 1 is 1.35 bits per heavy atom. The lowest BCUT2D eigenvalue weighted by molar-refractivity contribution is -0.122. The van der Waals surface area contributed by atoms with Gasteiger partial charge in [0.25, 0.3) is 0 Å². The van der Waals surface area contributed by atoms with Crippen LogP contribution >= 0.6 is 0 Å². The van der Waals surface area contributed by atoms with Gasteiger partial charge in [0.05, 0.1) is 6.54 Å². The molecule has 5 nitrogen and oxygen atoms in total. The first-order chi connectivity index (χ1) is 9.41. The highest BCUT2D eigenvalue weighted by Gasteiger charge is 2.22. The van der Waals surface area contributed by atoms with Crippen molar-refractivity contribution in [3.05, 3.63) is 30.1 Å². The Morgan fingerprint density at radius 2 is 1.95 bits per heavy atom. The van der Waals surface area contributed by atoms with E-state index < -0.39 is 0 Å². The third-order valence-corrected chi connectivity index (χ3v) is 3.12. The highest BCUT2D eigenvalue weighted by atomic mass is 16.2. The number of likely N-dealkylation sites (N-methyl/N-ethyl adjacent to an activating group) is 1. The number of nitrogens with zero attached hydrogens (tertiary/aromatic N) is 2. The van der Waals surface area contributed by atoms with E-state index in [9.17, 15) is 4.79 Å². The molecule has 0 spiro atoms. The van der Waals surface area contributed by atoms with E-state index in [-0.39, 0.29) is 18.0 Å². The molecule has 3 N–H and O–H groups in total. The molecule has 0 bridgehead atoms. The Labute approximate surface area is 121 Å². The summed E-state index contributed by atoms with van der Waals surface area (Å²) < 4.78 is 0. The van der Waals surface area contributed by atoms with Gasteiger partial charge >= 0.3 is 0 Å². The van der Waals surface area contributed by atoms with Crippen LogP contribution in [0.5, 0.6) is 0 Å². The molecular formula is C15H26N4O. The molecule has 2 atom stereocenters. The van der Waals surface area contributed by atoms with Crippen LogP contribution in [0.25, 0.3) is 0 Å². The zero-order valence-corrected chi connectivity index (χ0v) is 12.8. The van der Waals surface area contributed by atoms with Gasteiger partial charge in [-0.05, 0) is 37.6 Å². The second kappa shape index (κ2) is 7.97. The molecule has 1 rings (SSSR count). The summed E-state index contributed by atoms with van der Waals surface area (Å²) in [6, 6.07) is 3.82. The molecule has 0 aliphatic heterocycles. The minimum Gasteiger partial charge on any atom is -0.355 e. The number of carbonyl (C=O) groups is 1. The largest absolute Gasteiger partial charge is 0.355 e. The van der Waals surface area contributed by atoms with Gasteiger partial charge in [-0.1, -0.05) is 13.8 Å². The van der Waals surface area contributed by atoms with Crippen molar-refractivity contribution in [3.8, 4) is 0 Å². The maximum absolute atomic E-state index is 11.9. The van der Waals surface area contributed by atoms with Crippen molar-refractivity contribution in [1.29, 1.82) is 0 Å². The van der Waals surface area contributed by atoms with E-state index in [1.807, 2.05) is 31.0 Å². The summed E-state index contributed by atoms with van der Waals surface area (Å²) in [4.78, 5) is 17.9. The standard InChI is InChI=1S/C15H26N4O/c1-11(2)9-18-14(20)10-19(4)15(12(3)16)13-5-7-17-8-6-13/h5-8,11-12,15H,9-10,16H2,1-4H3,(H,18,20). The lowest BCUT2D eigenvalue weighted by Crippen LogP contribution is -2.43. The molecular weight excluding hydrogens is 252 g/mol. The molecule has 1 heterocycles. The Kier molecular flexibility index (Phi) is 6.61. The summed E-state index contributed by atoms with van der Waals surface area (Å²) in [6.45, 7) is 7.14. The second-order valence-corrected chi connectivity index (χ2v) is 5.70. The van der Waals surface area contributed by atoms with Crippen molar-refractivity contribution >= 4 is 5.91 Å². The summed E-state index contributed by atoms with van der Waals surface area (Å²) >= 11 is 0. The monoisotopic (exact) mass is 278 g/mol. The Bertz CT molecular complexity index is 406. The van der Waals surface area contributed by atoms with E-state index in [1.54, 1.807) is 12.4 Å². The summed E-state index contributed by atoms with van der Waals surface area (Å²) in [5, 5.41) is 2.92. The van der Waals surface area contributed by atoms with Crippen molar-refractivity contribution in [3.63, 3.8) is 0 Å². The molecule has 112 valence electrons. The van der Waals surface area contributed by atoms with Gasteiger partial charge in [0, 0.05) is 31.0 Å². The zero-order chi connectivity index (χ0) is 15.1. The molecule has 2 unspecified atom stereocenters. The lowest BCUT2D eigenvalue weighted by Gasteiger charge is -2.31. The second-order valence-electron chi connectivity index (χ2n) is 5.70. The van der Waals surface area contributed by atoms with Crippen LogP contribution in [-0.2, 0) is 4.79 Å². The number of rotatable bonds is 7. The fourth-order valence-corrected chi connectivity index (χ4v) is 2.22. The van der Waals surface area contributed by atoms with Crippen LogP contribution in [0.4, 0.5) is 0 Å². The van der Waals surface area contributed by atoms with Gasteiger partial charge in [0.2, 0.25) is 5.91 Å². The fourth-order valence-electron chi connectivity index (χ4n) is 2.22. The van der Waals surface area contributed by atoms with Crippen LogP contribution in [0.15, 0.2) is 24.5 Å². The topological polar surface area (TPSA) is 71.2 Å². The van der Waals surface area contributed by atoms with Crippen LogP contribution in [0.2, 0.25) is 0 Å². The predicted molar refractivity (Wildman–Crippen MR) is 81.1 cm³/mol. The van der Waals surface area contributed by atoms with E-state index >= 15 is 0 Å². The molecule has 0 fully saturated rings. The number of nitrogens with two attached hydrogens (primary N) is 1. The molecule has 5 heteroatoms. The average molecular weight is 278 g/mol. The van der Waals surface area contributed by atoms with Gasteiger partial charge in [0.1, 0.15) is 0 Å². The molecule has 0 saturated heterocycles. The first-order valence-electron chi connectivity index (χ1n) is 7.04. The highest BCUT2D eigenvalue weighted by Crippen LogP contribution is 2.21. The highest BCUT2D eigenvalue weighted by molar-refractivity contribution is 5.78. The third kappa shape index (κ3) is 5.27. The summed E-state index contributed by atoms with van der Waals surface area (Å²) in [6.07, 6.45) is 3.49. The number of nitrogens with one attached hydrogen (secondary N) is 1. The number of hydrogen-bond donors (Lipinski definition) is 2. The maximum atomic E-state index is 11.9. The predicted octanol–water partition coefficient (Wildman–Crippen LogP) is 1.17. The third-order valence-electron chi connectivity index (χ3n) is 3.12. The molecule has 0 saturated carbocycles. The van der Waals surface area contributed by atoms with Crippen molar-refractivity contribution in [2.45, 2.75) is 32.9 Å². The normalized spacial score (nSPS) is 14.3. The molecule has 0 radical (unpaired) electrons. The van der Waals surface area contributed by atoms with Crippen LogP contribution in [0.3, 0.4) is 0 Å². The van der Waals surface area contributed by atoms with Gasteiger partial charge in [-0.2, -0.15) is 0 Å². The molecule has 0 aromatic carbocycles. The number of pyridine rings is 1. The fraction of sp³-hybridized carbons (Fsp3) is 0.600. The van der Waals surface area contributed by atoms with Gasteiger partial charge in [0.15, 0.2) is 0 Å². The van der Waals surface area contributed by atoms with E-state index in [4.69, 9.17) is 5.73 Å². The van der Waals surface area contributed by atoms with Crippen LogP contribution in [0, 0.1) is 5.92 Å². The minimum absolute atomic E-state index is 0.00259. The first kappa shape index (κ1) is 16.6. The molecule has 0 aliphatic carbocycles. The molecule has 1 amide bonds. The van der Waals surface area contributed by atoms with Gasteiger partial charge in [-0.3, -0.25) is 14.7 Å². The molecule has 1 aromatic rings. The lowest BCUT2D eigenvalue weighted by atomic mass is 10.0. The number of aromatic nitrogens is 1. The summed E-state index contributed by atoms with van der Waals surface area (Å²) in [7, 11) is 1.92. The van der Waals surface area contributed by atoms with Crippen molar-refractivity contribution < 1.29 is 4.79 Å². The van der Waals surface area contributed by atoms with Crippen LogP contribution < -0.4 is 11.1 Å². The zero-order valence-electron chi connectivity index (χ0n) is 12.8. The Hall–Kier alpha value is -1.46. The van der Waals surface area contributed by atoms with E-state index in [1.165, 1.54) is 0 Å². The van der Waals surface area contributed by atoms with E-state index in [0.717, 1.165) is 5.56 Å². The smallest absolute Gasteiger partial charge is 0.234 e. The van der Waals surface area contributed by atoms with Gasteiger partial charge in [-0.15, -0.1) is 0 Å². The first-order valence-corrected chi connectivity index (χ1v) is 7.04. The van der Waals surface area contributed by atoms with E-state index in [2.05, 4.69) is 24.1 Å². The van der Waals surface area contributed by atoms with Crippen LogP contribution in [-0.4, -0.2) is 42.0 Å². The quantitative estimate of drug-likeness (QED) is 0.785. The van der Waals surface area contributed by atoms with Crippen molar-refractivity contribution in [2.75, 3.05) is 20.1 Å². The Morgan fingerprint density at radius 3 is 2.45 bits per heavy atom. The SMILES string of the molecule is CC(C)CNC(=O)CN(C)C(c1ccncc1)C(C)N.